The maximum atomic E-state index is 13.2. The number of fused-ring (bicyclic) bond motifs is 5. The van der Waals surface area contributed by atoms with E-state index in [1.807, 2.05) is 6.08 Å². The zero-order valence-corrected chi connectivity index (χ0v) is 23.1. The monoisotopic (exact) mass is 456 g/mol. The van der Waals surface area contributed by atoms with Crippen molar-refractivity contribution in [3.63, 3.8) is 0 Å². The van der Waals surface area contributed by atoms with Crippen molar-refractivity contribution < 1.29 is 9.22 Å². The van der Waals surface area contributed by atoms with Gasteiger partial charge in [0.2, 0.25) is 0 Å². The third-order valence-corrected chi connectivity index (χ3v) is 15.7. The second kappa shape index (κ2) is 7.94. The van der Waals surface area contributed by atoms with Crippen LogP contribution in [0.1, 0.15) is 86.5 Å². The average Bonchev–Trinajstić information content (AvgIpc) is 2.96. The molecule has 0 aliphatic heterocycles. The van der Waals surface area contributed by atoms with Gasteiger partial charge in [0.25, 0.3) is 0 Å². The Bertz CT molecular complexity index is 804. The summed E-state index contributed by atoms with van der Waals surface area (Å²) in [5, 5.41) is 0.266. The molecule has 0 aromatic rings. The van der Waals surface area contributed by atoms with Gasteiger partial charge >= 0.3 is 0 Å². The third kappa shape index (κ3) is 3.65. The van der Waals surface area contributed by atoms with Gasteiger partial charge in [-0.2, -0.15) is 0 Å². The van der Waals surface area contributed by atoms with Crippen molar-refractivity contribution in [3.05, 3.63) is 24.3 Å². The number of ketones is 1. The van der Waals surface area contributed by atoms with Crippen LogP contribution in [0.3, 0.4) is 0 Å². The van der Waals surface area contributed by atoms with Gasteiger partial charge in [-0.3, -0.25) is 4.79 Å². The second-order valence-electron chi connectivity index (χ2n) is 13.8. The predicted molar refractivity (Wildman–Crippen MR) is 137 cm³/mol. The Morgan fingerprint density at radius 1 is 1.16 bits per heavy atom. The van der Waals surface area contributed by atoms with Crippen LogP contribution in [0.4, 0.5) is 0 Å². The molecule has 4 aliphatic rings. The first kappa shape index (κ1) is 24.5. The normalized spacial score (nSPS) is 43.1. The SMILES string of the molecule is C=C[C@@H](C)[C@H]1C(=O)CC2C3CC=C4C[C@@H](O[Si](C)(C)C(C)(C)C)CC[C@]4(C)C3CC[C@@]21C. The van der Waals surface area contributed by atoms with E-state index in [1.54, 1.807) is 5.57 Å². The van der Waals surface area contributed by atoms with Crippen LogP contribution in [0, 0.1) is 40.4 Å². The van der Waals surface area contributed by atoms with E-state index >= 15 is 0 Å². The highest BCUT2D eigenvalue weighted by Crippen LogP contribution is 2.66. The summed E-state index contributed by atoms with van der Waals surface area (Å²) in [5.74, 6) is 2.94. The van der Waals surface area contributed by atoms with Crippen LogP contribution in [0.2, 0.25) is 18.1 Å². The Morgan fingerprint density at radius 2 is 1.84 bits per heavy atom. The summed E-state index contributed by atoms with van der Waals surface area (Å²) >= 11 is 0. The van der Waals surface area contributed by atoms with Gasteiger partial charge in [-0.1, -0.05) is 59.3 Å². The van der Waals surface area contributed by atoms with E-state index in [1.165, 1.54) is 32.1 Å². The highest BCUT2D eigenvalue weighted by atomic mass is 28.4. The lowest BCUT2D eigenvalue weighted by atomic mass is 9.47. The molecule has 0 bridgehead atoms. The molecule has 4 aliphatic carbocycles. The molecule has 0 radical (unpaired) electrons. The summed E-state index contributed by atoms with van der Waals surface area (Å²) in [6.45, 7) is 23.1. The smallest absolute Gasteiger partial charge is 0.192 e. The maximum Gasteiger partial charge on any atom is 0.192 e. The molecule has 0 aromatic carbocycles. The van der Waals surface area contributed by atoms with Crippen molar-refractivity contribution in [3.8, 4) is 0 Å². The van der Waals surface area contributed by atoms with E-state index in [0.717, 1.165) is 18.8 Å². The minimum absolute atomic E-state index is 0.163. The van der Waals surface area contributed by atoms with Crippen molar-refractivity contribution in [2.24, 2.45) is 40.4 Å². The number of allylic oxidation sites excluding steroid dienone is 2. The Kier molecular flexibility index (Phi) is 6.06. The molecule has 0 heterocycles. The molecular weight excluding hydrogens is 408 g/mol. The first-order valence-corrected chi connectivity index (χ1v) is 16.2. The molecule has 2 nitrogen and oxygen atoms in total. The van der Waals surface area contributed by atoms with Crippen molar-refractivity contribution in [2.75, 3.05) is 0 Å². The van der Waals surface area contributed by atoms with Crippen LogP contribution < -0.4 is 0 Å². The Hall–Kier alpha value is -0.673. The summed E-state index contributed by atoms with van der Waals surface area (Å²) < 4.78 is 6.87. The molecule has 32 heavy (non-hydrogen) atoms. The quantitative estimate of drug-likeness (QED) is 0.317. The van der Waals surface area contributed by atoms with Crippen molar-refractivity contribution >= 4 is 14.1 Å². The molecule has 3 unspecified atom stereocenters. The van der Waals surface area contributed by atoms with Gasteiger partial charge in [0.05, 0.1) is 0 Å². The van der Waals surface area contributed by atoms with Gasteiger partial charge in [0, 0.05) is 18.4 Å². The lowest BCUT2D eigenvalue weighted by Gasteiger charge is -2.58. The van der Waals surface area contributed by atoms with Crippen LogP contribution in [0.5, 0.6) is 0 Å². The highest BCUT2D eigenvalue weighted by Gasteiger charge is 2.61. The summed E-state index contributed by atoms with van der Waals surface area (Å²) in [6, 6.07) is 0. The van der Waals surface area contributed by atoms with Gasteiger partial charge in [-0.15, -0.1) is 6.58 Å². The van der Waals surface area contributed by atoms with Gasteiger partial charge in [0.1, 0.15) is 5.78 Å². The summed E-state index contributed by atoms with van der Waals surface area (Å²) in [5.41, 5.74) is 2.15. The topological polar surface area (TPSA) is 26.3 Å². The zero-order chi connectivity index (χ0) is 23.7. The van der Waals surface area contributed by atoms with E-state index in [-0.39, 0.29) is 16.4 Å². The molecule has 0 amide bonds. The lowest BCUT2D eigenvalue weighted by molar-refractivity contribution is -0.123. The van der Waals surface area contributed by atoms with Gasteiger partial charge in [0.15, 0.2) is 8.32 Å². The maximum absolute atomic E-state index is 13.2. The average molecular weight is 457 g/mol. The van der Waals surface area contributed by atoms with Crippen LogP contribution in [-0.2, 0) is 9.22 Å². The fourth-order valence-electron chi connectivity index (χ4n) is 8.18. The molecule has 0 saturated heterocycles. The number of hydrogen-bond donors (Lipinski definition) is 0. The van der Waals surface area contributed by atoms with Crippen molar-refractivity contribution in [2.45, 2.75) is 111 Å². The van der Waals surface area contributed by atoms with Crippen molar-refractivity contribution in [1.29, 1.82) is 0 Å². The van der Waals surface area contributed by atoms with E-state index < -0.39 is 8.32 Å². The summed E-state index contributed by atoms with van der Waals surface area (Å²) in [7, 11) is -1.74. The number of hydrogen-bond acceptors (Lipinski definition) is 2. The molecule has 4 rings (SSSR count). The van der Waals surface area contributed by atoms with Gasteiger partial charge in [-0.25, -0.2) is 0 Å². The number of rotatable bonds is 4. The van der Waals surface area contributed by atoms with Crippen LogP contribution >= 0.6 is 0 Å². The molecule has 0 aromatic heterocycles. The fourth-order valence-corrected chi connectivity index (χ4v) is 9.57. The molecular formula is C29H48O2Si. The number of carbonyl (C=O) groups is 1. The largest absolute Gasteiger partial charge is 0.414 e. The van der Waals surface area contributed by atoms with Crippen LogP contribution in [0.25, 0.3) is 0 Å². The first-order chi connectivity index (χ1) is 14.7. The lowest BCUT2D eigenvalue weighted by Crippen LogP contribution is -2.52. The Balaban J connectivity index is 1.55. The number of Topliss-reactive ketones (excluding diaryl/α,β-unsaturated/α-hetero) is 1. The molecule has 3 heteroatoms. The molecule has 180 valence electrons. The summed E-state index contributed by atoms with van der Waals surface area (Å²) in [4.78, 5) is 13.2. The Morgan fingerprint density at radius 3 is 2.47 bits per heavy atom. The number of carbonyl (C=O) groups excluding carboxylic acids is 1. The van der Waals surface area contributed by atoms with Crippen LogP contribution in [0.15, 0.2) is 24.3 Å². The van der Waals surface area contributed by atoms with E-state index in [0.29, 0.717) is 35.1 Å². The molecule has 3 fully saturated rings. The predicted octanol–water partition coefficient (Wildman–Crippen LogP) is 7.96. The third-order valence-electron chi connectivity index (χ3n) is 11.1. The molecule has 3 saturated carbocycles. The van der Waals surface area contributed by atoms with E-state index in [2.05, 4.69) is 67.3 Å². The zero-order valence-electron chi connectivity index (χ0n) is 22.1. The summed E-state index contributed by atoms with van der Waals surface area (Å²) in [6.07, 6.45) is 13.1. The first-order valence-electron chi connectivity index (χ1n) is 13.3. The minimum Gasteiger partial charge on any atom is -0.414 e. The second-order valence-corrected chi connectivity index (χ2v) is 18.5. The molecule has 0 N–H and O–H groups in total. The standard InChI is InChI=1S/C29H48O2Si/c1-10-19(2)26-25(30)18-24-22-12-11-20-17-21(31-32(8,9)27(3,4)5)13-15-28(20,6)23(22)14-16-29(24,26)7/h10-11,19,21-24,26H,1,12-18H2,2-9H3/t19-,21+,22?,23?,24?,26+,28+,29+/m1/s1. The van der Waals surface area contributed by atoms with Crippen LogP contribution in [-0.4, -0.2) is 20.2 Å². The van der Waals surface area contributed by atoms with Crippen molar-refractivity contribution in [1.82, 2.24) is 0 Å². The van der Waals surface area contributed by atoms with Gasteiger partial charge < -0.3 is 4.43 Å². The minimum atomic E-state index is -1.74. The van der Waals surface area contributed by atoms with E-state index in [9.17, 15) is 4.79 Å². The Labute approximate surface area is 198 Å². The molecule has 8 atom stereocenters. The fraction of sp³-hybridized carbons (Fsp3) is 0.828. The van der Waals surface area contributed by atoms with Gasteiger partial charge in [-0.05, 0) is 91.2 Å². The molecule has 0 spiro atoms. The highest BCUT2D eigenvalue weighted by molar-refractivity contribution is 6.74. The van der Waals surface area contributed by atoms with E-state index in [4.69, 9.17) is 4.43 Å².